The lowest BCUT2D eigenvalue weighted by atomic mass is 9.57. The molecule has 1 unspecified atom stereocenters. The first-order valence-electron chi connectivity index (χ1n) is 12.1. The van der Waals surface area contributed by atoms with Gasteiger partial charge in [0.15, 0.2) is 17.4 Å². The summed E-state index contributed by atoms with van der Waals surface area (Å²) in [5.74, 6) is -1.83. The second-order valence-corrected chi connectivity index (χ2v) is 9.72. The molecule has 8 nitrogen and oxygen atoms in total. The molecular formula is C24H33N3O5. The minimum absolute atomic E-state index is 0.0241. The van der Waals surface area contributed by atoms with E-state index in [9.17, 15) is 9.59 Å². The van der Waals surface area contributed by atoms with Gasteiger partial charge in [-0.1, -0.05) is 12.8 Å². The second-order valence-electron chi connectivity index (χ2n) is 9.72. The predicted molar refractivity (Wildman–Crippen MR) is 115 cm³/mol. The Bertz CT molecular complexity index is 867. The molecule has 2 aliphatic heterocycles. The van der Waals surface area contributed by atoms with E-state index in [-0.39, 0.29) is 23.3 Å². The predicted octanol–water partition coefficient (Wildman–Crippen LogP) is 2.81. The maximum absolute atomic E-state index is 13.8. The van der Waals surface area contributed by atoms with Crippen molar-refractivity contribution in [3.63, 3.8) is 0 Å². The third-order valence-corrected chi connectivity index (χ3v) is 8.01. The highest BCUT2D eigenvalue weighted by molar-refractivity contribution is 6.12. The highest BCUT2D eigenvalue weighted by atomic mass is 16.7. The summed E-state index contributed by atoms with van der Waals surface area (Å²) in [7, 11) is 2.09. The van der Waals surface area contributed by atoms with Crippen LogP contribution in [0.3, 0.4) is 0 Å². The number of Topliss-reactive ketones (excluding diaryl/α,β-unsaturated/α-hetero) is 2. The number of fused-ring (bicyclic) bond motifs is 1. The smallest absolute Gasteiger partial charge is 0.317 e. The number of likely N-dealkylation sites (tertiary alicyclic amines) is 1. The van der Waals surface area contributed by atoms with E-state index in [1.165, 1.54) is 0 Å². The molecule has 0 radical (unpaired) electrons. The van der Waals surface area contributed by atoms with Crippen LogP contribution in [0.5, 0.6) is 6.01 Å². The molecule has 8 heteroatoms. The standard InChI is InChI=1S/C24H33N3O5/c1-27-13-5-6-17(27)16-30-22-25-12-8-19(26-22)20(28)18-7-4-10-23(21(18)29)9-2-3-11-24(23)31-14-15-32-24/h8,12,17-18H,2-7,9-11,13-16H2,1H3/t17-,18?,23-/m0/s1. The summed E-state index contributed by atoms with van der Waals surface area (Å²) in [6, 6.07) is 2.13. The number of aromatic nitrogens is 2. The minimum Gasteiger partial charge on any atom is -0.462 e. The molecule has 0 amide bonds. The Morgan fingerprint density at radius 3 is 2.72 bits per heavy atom. The first-order valence-corrected chi connectivity index (χ1v) is 12.1. The molecule has 1 aromatic rings. The average Bonchev–Trinajstić information content (AvgIpc) is 3.45. The van der Waals surface area contributed by atoms with E-state index in [4.69, 9.17) is 14.2 Å². The third kappa shape index (κ3) is 3.66. The fourth-order valence-electron chi connectivity index (χ4n) is 6.25. The van der Waals surface area contributed by atoms with Crippen LogP contribution >= 0.6 is 0 Å². The fraction of sp³-hybridized carbons (Fsp3) is 0.750. The van der Waals surface area contributed by atoms with E-state index >= 15 is 0 Å². The number of hydrogen-bond acceptors (Lipinski definition) is 8. The Morgan fingerprint density at radius 1 is 1.16 bits per heavy atom. The van der Waals surface area contributed by atoms with Gasteiger partial charge in [0.1, 0.15) is 12.3 Å². The van der Waals surface area contributed by atoms with E-state index in [0.29, 0.717) is 32.3 Å². The van der Waals surface area contributed by atoms with Crippen molar-refractivity contribution >= 4 is 11.6 Å². The van der Waals surface area contributed by atoms with Gasteiger partial charge in [0, 0.05) is 18.7 Å². The Hall–Kier alpha value is -1.90. The molecule has 2 saturated carbocycles. The average molecular weight is 444 g/mol. The summed E-state index contributed by atoms with van der Waals surface area (Å²) in [5, 5.41) is 0. The monoisotopic (exact) mass is 443 g/mol. The minimum atomic E-state index is -0.853. The van der Waals surface area contributed by atoms with E-state index in [1.54, 1.807) is 12.3 Å². The lowest BCUT2D eigenvalue weighted by Crippen LogP contribution is -2.60. The summed E-state index contributed by atoms with van der Waals surface area (Å²) < 4.78 is 18.0. The van der Waals surface area contributed by atoms with Crippen molar-refractivity contribution in [3.05, 3.63) is 18.0 Å². The van der Waals surface area contributed by atoms with Gasteiger partial charge in [-0.25, -0.2) is 4.98 Å². The van der Waals surface area contributed by atoms with E-state index < -0.39 is 17.1 Å². The van der Waals surface area contributed by atoms with E-state index in [2.05, 4.69) is 21.9 Å². The summed E-state index contributed by atoms with van der Waals surface area (Å²) in [6.45, 7) is 2.58. The quantitative estimate of drug-likeness (QED) is 0.507. The molecule has 0 bridgehead atoms. The molecular weight excluding hydrogens is 410 g/mol. The number of rotatable bonds is 5. The molecule has 3 heterocycles. The van der Waals surface area contributed by atoms with Gasteiger partial charge in [-0.15, -0.1) is 0 Å². The highest BCUT2D eigenvalue weighted by Gasteiger charge is 2.63. The van der Waals surface area contributed by atoms with Gasteiger partial charge in [-0.05, 0) is 58.2 Å². The van der Waals surface area contributed by atoms with Crippen molar-refractivity contribution in [2.75, 3.05) is 33.4 Å². The van der Waals surface area contributed by atoms with Crippen molar-refractivity contribution in [1.29, 1.82) is 0 Å². The van der Waals surface area contributed by atoms with E-state index in [0.717, 1.165) is 57.9 Å². The summed E-state index contributed by atoms with van der Waals surface area (Å²) in [5.41, 5.74) is -0.469. The Balaban J connectivity index is 1.33. The van der Waals surface area contributed by atoms with Crippen LogP contribution in [0, 0.1) is 11.3 Å². The Labute approximate surface area is 189 Å². The van der Waals surface area contributed by atoms with Crippen molar-refractivity contribution < 1.29 is 23.8 Å². The van der Waals surface area contributed by atoms with Gasteiger partial charge in [0.25, 0.3) is 0 Å². The Kier molecular flexibility index (Phi) is 6.03. The van der Waals surface area contributed by atoms with Crippen LogP contribution in [0.1, 0.15) is 68.3 Å². The van der Waals surface area contributed by atoms with Gasteiger partial charge in [-0.2, -0.15) is 4.98 Å². The van der Waals surface area contributed by atoms with Crippen molar-refractivity contribution in [2.24, 2.45) is 11.3 Å². The van der Waals surface area contributed by atoms with Crippen molar-refractivity contribution in [2.45, 2.75) is 69.6 Å². The molecule has 0 aromatic carbocycles. The first-order chi connectivity index (χ1) is 15.5. The molecule has 3 atom stereocenters. The molecule has 174 valence electrons. The maximum atomic E-state index is 13.8. The zero-order valence-electron chi connectivity index (χ0n) is 18.9. The van der Waals surface area contributed by atoms with Crippen molar-refractivity contribution in [1.82, 2.24) is 14.9 Å². The van der Waals surface area contributed by atoms with Gasteiger partial charge in [-0.3, -0.25) is 9.59 Å². The number of nitrogens with zero attached hydrogens (tertiary/aromatic N) is 3. The third-order valence-electron chi connectivity index (χ3n) is 8.01. The normalized spacial score (nSPS) is 32.6. The van der Waals surface area contributed by atoms with Crippen LogP contribution in [0.25, 0.3) is 0 Å². The largest absolute Gasteiger partial charge is 0.462 e. The van der Waals surface area contributed by atoms with Crippen LogP contribution in [0.2, 0.25) is 0 Å². The van der Waals surface area contributed by atoms with Crippen LogP contribution in [-0.2, 0) is 14.3 Å². The van der Waals surface area contributed by atoms with Gasteiger partial charge in [0.2, 0.25) is 0 Å². The number of hydrogen-bond donors (Lipinski definition) is 0. The topological polar surface area (TPSA) is 90.9 Å². The molecule has 0 N–H and O–H groups in total. The SMILES string of the molecule is CN1CCC[C@H]1COc1nccc(C(=O)C2CCC[C@@]3(CCCCC34OCCO4)C2=O)n1. The van der Waals surface area contributed by atoms with E-state index in [1.807, 2.05) is 0 Å². The number of likely N-dealkylation sites (N-methyl/N-ethyl adjacent to an activating group) is 1. The molecule has 2 aliphatic carbocycles. The molecule has 4 fully saturated rings. The van der Waals surface area contributed by atoms with Crippen LogP contribution in [0.4, 0.5) is 0 Å². The fourth-order valence-corrected chi connectivity index (χ4v) is 6.25. The molecule has 1 aromatic heterocycles. The first kappa shape index (κ1) is 21.9. The van der Waals surface area contributed by atoms with Crippen molar-refractivity contribution in [3.8, 4) is 6.01 Å². The summed E-state index contributed by atoms with van der Waals surface area (Å²) in [6.07, 6.45) is 9.25. The van der Waals surface area contributed by atoms with Crippen LogP contribution < -0.4 is 4.74 Å². The van der Waals surface area contributed by atoms with Gasteiger partial charge in [0.05, 0.1) is 24.5 Å². The number of carbonyl (C=O) groups is 2. The lowest BCUT2D eigenvalue weighted by molar-refractivity contribution is -0.255. The molecule has 2 saturated heterocycles. The number of carbonyl (C=O) groups excluding carboxylic acids is 2. The number of ether oxygens (including phenoxy) is 3. The summed E-state index contributed by atoms with van der Waals surface area (Å²) >= 11 is 0. The molecule has 5 rings (SSSR count). The lowest BCUT2D eigenvalue weighted by Gasteiger charge is -2.51. The van der Waals surface area contributed by atoms with Gasteiger partial charge < -0.3 is 19.1 Å². The molecule has 32 heavy (non-hydrogen) atoms. The molecule has 2 spiro atoms. The Morgan fingerprint density at radius 2 is 1.94 bits per heavy atom. The van der Waals surface area contributed by atoms with Crippen LogP contribution in [-0.4, -0.2) is 71.7 Å². The zero-order valence-corrected chi connectivity index (χ0v) is 18.9. The van der Waals surface area contributed by atoms with Gasteiger partial charge >= 0.3 is 6.01 Å². The molecule has 4 aliphatic rings. The number of ketones is 2. The zero-order chi connectivity index (χ0) is 22.2. The second kappa shape index (κ2) is 8.80. The summed E-state index contributed by atoms with van der Waals surface area (Å²) in [4.78, 5) is 38.1. The van der Waals surface area contributed by atoms with Crippen LogP contribution in [0.15, 0.2) is 12.3 Å². The highest BCUT2D eigenvalue weighted by Crippen LogP contribution is 2.56. The maximum Gasteiger partial charge on any atom is 0.317 e.